The van der Waals surface area contributed by atoms with Crippen LogP contribution in [0.15, 0.2) is 84.9 Å². The zero-order chi connectivity index (χ0) is 22.5. The molecule has 9 heteroatoms. The van der Waals surface area contributed by atoms with Crippen molar-refractivity contribution in [2.24, 2.45) is 0 Å². The predicted molar refractivity (Wildman–Crippen MR) is 131 cm³/mol. The Morgan fingerprint density at radius 1 is 0.343 bits per heavy atom. The molecule has 0 radical (unpaired) electrons. The average Bonchev–Trinajstić information content (AvgIpc) is 3.37. The molecule has 2 aromatic carbocycles. The van der Waals surface area contributed by atoms with Gasteiger partial charge in [0.15, 0.2) is 0 Å². The molecular formula is C26H14N8Ni. The molecule has 7 aromatic rings. The molecule has 168 valence electrons. The summed E-state index contributed by atoms with van der Waals surface area (Å²) in [4.78, 5) is 37.5. The molecular weight excluding hydrogens is 483 g/mol. The summed E-state index contributed by atoms with van der Waals surface area (Å²) >= 11 is 0. The number of hydrogen-bond acceptors (Lipinski definition) is 6. The minimum absolute atomic E-state index is 0. The molecule has 35 heavy (non-hydrogen) atoms. The van der Waals surface area contributed by atoms with Crippen molar-refractivity contribution in [1.29, 1.82) is 0 Å². The summed E-state index contributed by atoms with van der Waals surface area (Å²) < 4.78 is 0. The number of aromatic nitrogens is 8. The molecule has 5 aromatic heterocycles. The van der Waals surface area contributed by atoms with Gasteiger partial charge < -0.3 is 29.9 Å². The fraction of sp³-hybridized carbons (Fsp3) is 0. The summed E-state index contributed by atoms with van der Waals surface area (Å²) in [6.45, 7) is 0. The first-order chi connectivity index (χ1) is 16.8. The van der Waals surface area contributed by atoms with Gasteiger partial charge in [-0.25, -0.2) is 9.97 Å². The van der Waals surface area contributed by atoms with Gasteiger partial charge in [-0.15, -0.1) is 0 Å². The van der Waals surface area contributed by atoms with Gasteiger partial charge in [0.1, 0.15) is 0 Å². The number of rotatable bonds is 0. The van der Waals surface area contributed by atoms with E-state index in [9.17, 15) is 0 Å². The van der Waals surface area contributed by atoms with Crippen molar-refractivity contribution in [3.8, 4) is 0 Å². The van der Waals surface area contributed by atoms with E-state index in [0.29, 0.717) is 45.2 Å². The zero-order valence-corrected chi connectivity index (χ0v) is 19.0. The SMILES string of the molecule is [Ni+2].c1cc2nc(c1)nc1[n-]c(nc3cccc(n3)nc3[n-]c(n2)c2ccccc32)c2ccccc12. The van der Waals surface area contributed by atoms with Crippen LogP contribution in [-0.4, -0.2) is 29.9 Å². The van der Waals surface area contributed by atoms with Crippen LogP contribution in [0.25, 0.3) is 66.7 Å². The molecule has 0 spiro atoms. The second-order valence-electron chi connectivity index (χ2n) is 7.76. The van der Waals surface area contributed by atoms with E-state index in [2.05, 4.69) is 9.97 Å². The number of pyridine rings is 2. The Hall–Kier alpha value is -4.49. The Kier molecular flexibility index (Phi) is 5.05. The summed E-state index contributed by atoms with van der Waals surface area (Å²) in [5, 5.41) is 3.57. The maximum Gasteiger partial charge on any atom is 2.00 e. The molecule has 0 saturated carbocycles. The quantitative estimate of drug-likeness (QED) is 0.281. The number of fused-ring (bicyclic) bond motifs is 14. The van der Waals surface area contributed by atoms with Crippen LogP contribution in [0.2, 0.25) is 0 Å². The molecule has 0 N–H and O–H groups in total. The second-order valence-corrected chi connectivity index (χ2v) is 7.76. The van der Waals surface area contributed by atoms with Crippen molar-refractivity contribution in [2.75, 3.05) is 0 Å². The van der Waals surface area contributed by atoms with Crippen LogP contribution in [0.5, 0.6) is 0 Å². The normalized spacial score (nSPS) is 11.2. The molecule has 0 aliphatic rings. The van der Waals surface area contributed by atoms with Crippen molar-refractivity contribution in [3.63, 3.8) is 0 Å². The van der Waals surface area contributed by atoms with Gasteiger partial charge in [0, 0.05) is 22.6 Å². The minimum atomic E-state index is 0. The van der Waals surface area contributed by atoms with Gasteiger partial charge in [0.2, 0.25) is 0 Å². The fourth-order valence-electron chi connectivity index (χ4n) is 4.04. The van der Waals surface area contributed by atoms with E-state index in [1.54, 1.807) is 0 Å². The van der Waals surface area contributed by atoms with Crippen molar-refractivity contribution in [1.82, 2.24) is 39.9 Å². The Balaban J connectivity index is 0.00000229. The number of benzene rings is 2. The second kappa shape index (κ2) is 8.38. The van der Waals surface area contributed by atoms with E-state index in [1.165, 1.54) is 0 Å². The first-order valence-corrected chi connectivity index (χ1v) is 10.7. The maximum atomic E-state index is 4.71. The molecule has 0 amide bonds. The smallest absolute Gasteiger partial charge is 0.357 e. The van der Waals surface area contributed by atoms with E-state index >= 15 is 0 Å². The number of hydrogen-bond donors (Lipinski definition) is 0. The molecule has 8 bridgehead atoms. The van der Waals surface area contributed by atoms with Gasteiger partial charge in [0.05, 0.1) is 22.6 Å². The van der Waals surface area contributed by atoms with Crippen molar-refractivity contribution >= 4 is 66.7 Å². The molecule has 0 aliphatic heterocycles. The van der Waals surface area contributed by atoms with E-state index in [4.69, 9.17) is 29.9 Å². The summed E-state index contributed by atoms with van der Waals surface area (Å²) in [5.41, 5.74) is 4.20. The van der Waals surface area contributed by atoms with Gasteiger partial charge in [-0.05, 0) is 45.8 Å². The van der Waals surface area contributed by atoms with Crippen molar-refractivity contribution < 1.29 is 16.5 Å². The van der Waals surface area contributed by atoms with Gasteiger partial charge in [-0.1, -0.05) is 60.7 Å². The van der Waals surface area contributed by atoms with E-state index in [-0.39, 0.29) is 16.5 Å². The Morgan fingerprint density at radius 2 is 0.629 bits per heavy atom. The van der Waals surface area contributed by atoms with Crippen LogP contribution in [0, 0.1) is 0 Å². The first-order valence-electron chi connectivity index (χ1n) is 10.7. The van der Waals surface area contributed by atoms with E-state index in [1.807, 2.05) is 84.9 Å². The summed E-state index contributed by atoms with van der Waals surface area (Å²) in [5.74, 6) is 0. The molecule has 7 rings (SSSR count). The van der Waals surface area contributed by atoms with Crippen LogP contribution in [0.4, 0.5) is 0 Å². The van der Waals surface area contributed by atoms with Crippen molar-refractivity contribution in [3.05, 3.63) is 84.9 Å². The Morgan fingerprint density at radius 3 is 0.914 bits per heavy atom. The van der Waals surface area contributed by atoms with Gasteiger partial charge in [-0.2, -0.15) is 0 Å². The fourth-order valence-corrected chi connectivity index (χ4v) is 4.04. The van der Waals surface area contributed by atoms with Gasteiger partial charge in [-0.3, -0.25) is 0 Å². The van der Waals surface area contributed by atoms with Crippen LogP contribution >= 0.6 is 0 Å². The topological polar surface area (TPSA) is 106 Å². The Bertz CT molecular complexity index is 1720. The zero-order valence-electron chi connectivity index (χ0n) is 18.0. The van der Waals surface area contributed by atoms with E-state index < -0.39 is 0 Å². The monoisotopic (exact) mass is 496 g/mol. The van der Waals surface area contributed by atoms with Crippen molar-refractivity contribution in [2.45, 2.75) is 0 Å². The molecule has 8 nitrogen and oxygen atoms in total. The van der Waals surface area contributed by atoms with Gasteiger partial charge in [0.25, 0.3) is 0 Å². The maximum absolute atomic E-state index is 4.71. The minimum Gasteiger partial charge on any atom is -0.357 e. The molecule has 0 unspecified atom stereocenters. The molecule has 0 aliphatic carbocycles. The molecule has 0 fully saturated rings. The average molecular weight is 497 g/mol. The molecule has 0 saturated heterocycles. The van der Waals surface area contributed by atoms with E-state index in [0.717, 1.165) is 21.5 Å². The van der Waals surface area contributed by atoms with Crippen LogP contribution < -0.4 is 9.97 Å². The summed E-state index contributed by atoms with van der Waals surface area (Å²) in [7, 11) is 0. The third-order valence-electron chi connectivity index (χ3n) is 5.56. The number of nitrogens with zero attached hydrogens (tertiary/aromatic N) is 8. The third-order valence-corrected chi connectivity index (χ3v) is 5.56. The van der Waals surface area contributed by atoms with Crippen LogP contribution in [-0.2, 0) is 16.5 Å². The predicted octanol–water partition coefficient (Wildman–Crippen LogP) is 4.57. The summed E-state index contributed by atoms with van der Waals surface area (Å²) in [6, 6.07) is 26.8. The Labute approximate surface area is 207 Å². The third kappa shape index (κ3) is 3.72. The van der Waals surface area contributed by atoms with Gasteiger partial charge >= 0.3 is 16.5 Å². The van der Waals surface area contributed by atoms with Crippen LogP contribution in [0.3, 0.4) is 0 Å². The first kappa shape index (κ1) is 21.1. The standard InChI is InChI=1S/C26H14N8.Ni/c1-2-8-16-15(7-1)23-29-19-11-5-13-21(27-19)31-25-17-9-3-4-10-18(17)26(34-25)32-22-14-6-12-20(28-22)30-24(16)33-23;/h1-14H;/q-2;+2. The molecule has 5 heterocycles. The largest absolute Gasteiger partial charge is 2.00 e. The summed E-state index contributed by atoms with van der Waals surface area (Å²) in [6.07, 6.45) is 0. The molecule has 0 atom stereocenters. The van der Waals surface area contributed by atoms with Crippen LogP contribution in [0.1, 0.15) is 0 Å².